The van der Waals surface area contributed by atoms with Crippen LogP contribution >= 0.6 is 11.8 Å². The van der Waals surface area contributed by atoms with Crippen molar-refractivity contribution in [2.24, 2.45) is 0 Å². The van der Waals surface area contributed by atoms with Crippen molar-refractivity contribution in [2.75, 3.05) is 19.0 Å². The van der Waals surface area contributed by atoms with E-state index in [1.807, 2.05) is 6.92 Å². The van der Waals surface area contributed by atoms with Gasteiger partial charge < -0.3 is 9.84 Å². The molecule has 1 aromatic carbocycles. The summed E-state index contributed by atoms with van der Waals surface area (Å²) in [5.74, 6) is -1.09. The maximum Gasteiger partial charge on any atom is 0.313 e. The number of thioether (sulfide) groups is 1. The van der Waals surface area contributed by atoms with Crippen LogP contribution in [0.5, 0.6) is 0 Å². The molecule has 0 aliphatic heterocycles. The normalized spacial score (nSPS) is 10.9. The van der Waals surface area contributed by atoms with E-state index in [0.717, 1.165) is 11.8 Å². The lowest BCUT2D eigenvalue weighted by Gasteiger charge is -2.12. The van der Waals surface area contributed by atoms with E-state index in [1.54, 1.807) is 24.3 Å². The predicted octanol–water partition coefficient (Wildman–Crippen LogP) is 1.61. The highest BCUT2D eigenvalue weighted by atomic mass is 32.2. The molecule has 0 atom stereocenters. The first-order chi connectivity index (χ1) is 10.1. The number of ether oxygens (including phenoxy) is 1. The molecular weight excluding hydrogens is 292 g/mol. The number of carboxylic acid groups (broad SMARTS) is 1. The minimum absolute atomic E-state index is 0.139. The van der Waals surface area contributed by atoms with Crippen molar-refractivity contribution in [2.45, 2.75) is 18.6 Å². The summed E-state index contributed by atoms with van der Waals surface area (Å²) in [4.78, 5) is 27.6. The van der Waals surface area contributed by atoms with Gasteiger partial charge in [0.15, 0.2) is 5.16 Å². The number of fused-ring (bicyclic) bond motifs is 1. The molecular formula is C14H16N2O4S. The summed E-state index contributed by atoms with van der Waals surface area (Å²) in [7, 11) is 0. The number of rotatable bonds is 7. The third-order valence-corrected chi connectivity index (χ3v) is 3.78. The van der Waals surface area contributed by atoms with Crippen LogP contribution < -0.4 is 5.56 Å². The SMILES string of the molecule is CCOCCn1c(SCC(=O)O)nc2ccccc2c1=O. The molecule has 0 radical (unpaired) electrons. The molecule has 0 saturated carbocycles. The summed E-state index contributed by atoms with van der Waals surface area (Å²) in [6.45, 7) is 3.18. The Kier molecular flexibility index (Phi) is 5.35. The average molecular weight is 308 g/mol. The molecule has 2 aromatic rings. The lowest BCUT2D eigenvalue weighted by molar-refractivity contribution is -0.133. The van der Waals surface area contributed by atoms with Crippen molar-refractivity contribution in [3.8, 4) is 0 Å². The zero-order chi connectivity index (χ0) is 15.2. The molecule has 6 nitrogen and oxygen atoms in total. The lowest BCUT2D eigenvalue weighted by Crippen LogP contribution is -2.25. The molecule has 1 heterocycles. The highest BCUT2D eigenvalue weighted by molar-refractivity contribution is 7.99. The number of aromatic nitrogens is 2. The van der Waals surface area contributed by atoms with Gasteiger partial charge in [0.1, 0.15) is 0 Å². The molecule has 1 aromatic heterocycles. The van der Waals surface area contributed by atoms with Crippen LogP contribution in [-0.4, -0.2) is 39.6 Å². The molecule has 0 spiro atoms. The van der Waals surface area contributed by atoms with Crippen LogP contribution in [0.1, 0.15) is 6.92 Å². The zero-order valence-corrected chi connectivity index (χ0v) is 12.4. The quantitative estimate of drug-likeness (QED) is 0.475. The largest absolute Gasteiger partial charge is 0.481 e. The Hall–Kier alpha value is -1.86. The van der Waals surface area contributed by atoms with Gasteiger partial charge >= 0.3 is 5.97 Å². The fourth-order valence-electron chi connectivity index (χ4n) is 1.88. The molecule has 0 bridgehead atoms. The molecule has 112 valence electrons. The van der Waals surface area contributed by atoms with Gasteiger partial charge in [-0.1, -0.05) is 23.9 Å². The van der Waals surface area contributed by atoms with Crippen LogP contribution in [0, 0.1) is 0 Å². The summed E-state index contributed by atoms with van der Waals surface area (Å²) in [5.41, 5.74) is 0.399. The fourth-order valence-corrected chi connectivity index (χ4v) is 2.63. The summed E-state index contributed by atoms with van der Waals surface area (Å²) in [6, 6.07) is 7.04. The second-order valence-corrected chi connectivity index (χ2v) is 5.19. The van der Waals surface area contributed by atoms with Crippen molar-refractivity contribution < 1.29 is 14.6 Å². The first-order valence-electron chi connectivity index (χ1n) is 6.55. The third-order valence-electron chi connectivity index (χ3n) is 2.81. The standard InChI is InChI=1S/C14H16N2O4S/c1-2-20-8-7-16-13(19)10-5-3-4-6-11(10)15-14(16)21-9-12(17)18/h3-6H,2,7-9H2,1H3,(H,17,18). The van der Waals surface area contributed by atoms with E-state index in [9.17, 15) is 9.59 Å². The van der Waals surface area contributed by atoms with Gasteiger partial charge in [-0.05, 0) is 19.1 Å². The van der Waals surface area contributed by atoms with Gasteiger partial charge in [0.05, 0.1) is 29.8 Å². The van der Waals surface area contributed by atoms with Crippen molar-refractivity contribution in [1.82, 2.24) is 9.55 Å². The van der Waals surface area contributed by atoms with Crippen LogP contribution in [-0.2, 0) is 16.1 Å². The summed E-state index contributed by atoms with van der Waals surface area (Å²) in [5, 5.41) is 9.73. The van der Waals surface area contributed by atoms with Gasteiger partial charge in [-0.2, -0.15) is 0 Å². The Morgan fingerprint density at radius 3 is 2.90 bits per heavy atom. The number of hydrogen-bond acceptors (Lipinski definition) is 5. The molecule has 0 aliphatic carbocycles. The number of carbonyl (C=O) groups is 1. The highest BCUT2D eigenvalue weighted by Gasteiger charge is 2.12. The number of hydrogen-bond donors (Lipinski definition) is 1. The van der Waals surface area contributed by atoms with Crippen LogP contribution in [0.15, 0.2) is 34.2 Å². The van der Waals surface area contributed by atoms with Gasteiger partial charge in [0.2, 0.25) is 0 Å². The average Bonchev–Trinajstić information content (AvgIpc) is 2.48. The Morgan fingerprint density at radius 1 is 1.43 bits per heavy atom. The van der Waals surface area contributed by atoms with E-state index in [-0.39, 0.29) is 11.3 Å². The third kappa shape index (κ3) is 3.83. The maximum atomic E-state index is 12.5. The van der Waals surface area contributed by atoms with Crippen LogP contribution in [0.3, 0.4) is 0 Å². The van der Waals surface area contributed by atoms with E-state index in [2.05, 4.69) is 4.98 Å². The molecule has 2 rings (SSSR count). The fraction of sp³-hybridized carbons (Fsp3) is 0.357. The van der Waals surface area contributed by atoms with Crippen molar-refractivity contribution in [3.05, 3.63) is 34.6 Å². The van der Waals surface area contributed by atoms with Crippen LogP contribution in [0.4, 0.5) is 0 Å². The van der Waals surface area contributed by atoms with Crippen molar-refractivity contribution in [3.63, 3.8) is 0 Å². The van der Waals surface area contributed by atoms with Crippen molar-refractivity contribution >= 4 is 28.6 Å². The molecule has 7 heteroatoms. The Bertz CT molecular complexity index is 699. The van der Waals surface area contributed by atoms with E-state index in [1.165, 1.54) is 4.57 Å². The topological polar surface area (TPSA) is 81.4 Å². The number of carboxylic acids is 1. The van der Waals surface area contributed by atoms with Gasteiger partial charge in [-0.25, -0.2) is 4.98 Å². The van der Waals surface area contributed by atoms with E-state index >= 15 is 0 Å². The zero-order valence-electron chi connectivity index (χ0n) is 11.6. The molecule has 1 N–H and O–H groups in total. The monoisotopic (exact) mass is 308 g/mol. The van der Waals surface area contributed by atoms with Crippen LogP contribution in [0.25, 0.3) is 10.9 Å². The highest BCUT2D eigenvalue weighted by Crippen LogP contribution is 2.17. The molecule has 21 heavy (non-hydrogen) atoms. The number of benzene rings is 1. The second kappa shape index (κ2) is 7.24. The molecule has 0 fully saturated rings. The van der Waals surface area contributed by atoms with Gasteiger partial charge in [0.25, 0.3) is 5.56 Å². The summed E-state index contributed by atoms with van der Waals surface area (Å²) >= 11 is 1.04. The van der Waals surface area contributed by atoms with Crippen LogP contribution in [0.2, 0.25) is 0 Å². The van der Waals surface area contributed by atoms with Gasteiger partial charge in [0, 0.05) is 6.61 Å². The Balaban J connectivity index is 2.43. The first kappa shape index (κ1) is 15.5. The first-order valence-corrected chi connectivity index (χ1v) is 7.54. The molecule has 0 amide bonds. The maximum absolute atomic E-state index is 12.5. The van der Waals surface area contributed by atoms with E-state index in [0.29, 0.717) is 35.8 Å². The Labute approximate surface area is 125 Å². The molecule has 0 aliphatic rings. The Morgan fingerprint density at radius 2 is 2.19 bits per heavy atom. The predicted molar refractivity (Wildman–Crippen MR) is 80.9 cm³/mol. The van der Waals surface area contributed by atoms with E-state index < -0.39 is 5.97 Å². The van der Waals surface area contributed by atoms with E-state index in [4.69, 9.17) is 9.84 Å². The minimum Gasteiger partial charge on any atom is -0.481 e. The minimum atomic E-state index is -0.946. The number of nitrogens with zero attached hydrogens (tertiary/aromatic N) is 2. The lowest BCUT2D eigenvalue weighted by atomic mass is 10.2. The smallest absolute Gasteiger partial charge is 0.313 e. The summed E-state index contributed by atoms with van der Waals surface area (Å²) in [6.07, 6.45) is 0. The van der Waals surface area contributed by atoms with Gasteiger partial charge in [-0.15, -0.1) is 0 Å². The van der Waals surface area contributed by atoms with Gasteiger partial charge in [-0.3, -0.25) is 14.2 Å². The second-order valence-electron chi connectivity index (χ2n) is 4.25. The number of para-hydroxylation sites is 1. The summed E-state index contributed by atoms with van der Waals surface area (Å²) < 4.78 is 6.75. The molecule has 0 saturated heterocycles. The van der Waals surface area contributed by atoms with Crippen molar-refractivity contribution in [1.29, 1.82) is 0 Å². The molecule has 0 unspecified atom stereocenters. The number of aliphatic carboxylic acids is 1.